The van der Waals surface area contributed by atoms with Crippen LogP contribution in [0.2, 0.25) is 0 Å². The number of hydrogen-bond acceptors (Lipinski definition) is 3. The Balaban J connectivity index is 1.81. The number of carbonyl (C=O) groups excluding carboxylic acids is 1. The van der Waals surface area contributed by atoms with E-state index in [1.165, 1.54) is 6.42 Å². The van der Waals surface area contributed by atoms with Crippen molar-refractivity contribution in [2.45, 2.75) is 64.0 Å². The second-order valence-electron chi connectivity index (χ2n) is 6.61. The Labute approximate surface area is 132 Å². The van der Waals surface area contributed by atoms with Crippen LogP contribution in [0, 0.1) is 5.92 Å². The fourth-order valence-corrected chi connectivity index (χ4v) is 4.15. The van der Waals surface area contributed by atoms with Crippen LogP contribution in [0.1, 0.15) is 61.4 Å². The molecule has 120 valence electrons. The van der Waals surface area contributed by atoms with Crippen molar-refractivity contribution in [3.63, 3.8) is 0 Å². The highest BCUT2D eigenvalue weighted by Gasteiger charge is 2.39. The molecule has 3 rings (SSSR count). The fourth-order valence-electron chi connectivity index (χ4n) is 4.15. The normalized spacial score (nSPS) is 28.8. The number of nitrogens with zero attached hydrogens (tertiary/aromatic N) is 2. The van der Waals surface area contributed by atoms with Crippen molar-refractivity contribution < 1.29 is 9.90 Å². The summed E-state index contributed by atoms with van der Waals surface area (Å²) in [4.78, 5) is 19.2. The first-order chi connectivity index (χ1) is 10.7. The molecule has 4 nitrogen and oxygen atoms in total. The molecule has 3 atom stereocenters. The summed E-state index contributed by atoms with van der Waals surface area (Å²) in [5, 5.41) is 10.4. The van der Waals surface area contributed by atoms with Crippen molar-refractivity contribution in [2.24, 2.45) is 5.92 Å². The molecule has 1 amide bonds. The van der Waals surface area contributed by atoms with Gasteiger partial charge in [-0.15, -0.1) is 0 Å². The van der Waals surface area contributed by atoms with Crippen LogP contribution in [-0.2, 0) is 6.42 Å². The van der Waals surface area contributed by atoms with Crippen LogP contribution in [0.15, 0.2) is 18.5 Å². The number of aliphatic hydroxyl groups excluding tert-OH is 1. The van der Waals surface area contributed by atoms with Gasteiger partial charge in [-0.05, 0) is 43.7 Å². The summed E-state index contributed by atoms with van der Waals surface area (Å²) >= 11 is 0. The van der Waals surface area contributed by atoms with Crippen LogP contribution in [0.5, 0.6) is 0 Å². The Bertz CT molecular complexity index is 532. The van der Waals surface area contributed by atoms with Gasteiger partial charge in [0.05, 0.1) is 6.10 Å². The quantitative estimate of drug-likeness (QED) is 0.934. The van der Waals surface area contributed by atoms with Crippen molar-refractivity contribution in [1.82, 2.24) is 9.88 Å². The fraction of sp³-hybridized carbons (Fsp3) is 0.667. The molecule has 2 heterocycles. The average molecular weight is 302 g/mol. The van der Waals surface area contributed by atoms with Crippen LogP contribution >= 0.6 is 0 Å². The number of likely N-dealkylation sites (tertiary alicyclic amines) is 1. The Morgan fingerprint density at radius 3 is 2.91 bits per heavy atom. The third-order valence-electron chi connectivity index (χ3n) is 5.35. The Morgan fingerprint density at radius 2 is 2.14 bits per heavy atom. The predicted octanol–water partition coefficient (Wildman–Crippen LogP) is 2.80. The highest BCUT2D eigenvalue weighted by Crippen LogP contribution is 2.35. The lowest BCUT2D eigenvalue weighted by atomic mass is 9.80. The SMILES string of the molecule is CCc1cnccc1C(=O)N1CCCC1C1CCCCC1O. The predicted molar refractivity (Wildman–Crippen MR) is 85.6 cm³/mol. The molecular formula is C18H26N2O2. The number of carbonyl (C=O) groups is 1. The summed E-state index contributed by atoms with van der Waals surface area (Å²) in [6, 6.07) is 2.05. The molecule has 3 unspecified atom stereocenters. The topological polar surface area (TPSA) is 53.4 Å². The number of aryl methyl sites for hydroxylation is 1. The van der Waals surface area contributed by atoms with Gasteiger partial charge in [0.15, 0.2) is 0 Å². The van der Waals surface area contributed by atoms with Gasteiger partial charge in [0, 0.05) is 36.5 Å². The standard InChI is InChI=1S/C18H26N2O2/c1-2-13-12-19-10-9-14(13)18(22)20-11-5-7-16(20)15-6-3-4-8-17(15)21/h9-10,12,15-17,21H,2-8,11H2,1H3. The molecule has 0 aromatic carbocycles. The zero-order chi connectivity index (χ0) is 15.5. The molecule has 1 aliphatic carbocycles. The molecule has 1 saturated carbocycles. The minimum Gasteiger partial charge on any atom is -0.393 e. The lowest BCUT2D eigenvalue weighted by molar-refractivity contribution is 0.0211. The van der Waals surface area contributed by atoms with E-state index in [1.807, 2.05) is 11.0 Å². The van der Waals surface area contributed by atoms with E-state index in [4.69, 9.17) is 0 Å². The third kappa shape index (κ3) is 2.89. The molecule has 1 aliphatic heterocycles. The van der Waals surface area contributed by atoms with Gasteiger partial charge in [-0.2, -0.15) is 0 Å². The van der Waals surface area contributed by atoms with Crippen molar-refractivity contribution in [2.75, 3.05) is 6.54 Å². The van der Waals surface area contributed by atoms with Gasteiger partial charge in [-0.25, -0.2) is 0 Å². The molecule has 1 aromatic rings. The van der Waals surface area contributed by atoms with Crippen molar-refractivity contribution in [1.29, 1.82) is 0 Å². The summed E-state index contributed by atoms with van der Waals surface area (Å²) < 4.78 is 0. The lowest BCUT2D eigenvalue weighted by Crippen LogP contribution is -2.45. The molecule has 22 heavy (non-hydrogen) atoms. The molecule has 2 aliphatic rings. The van der Waals surface area contributed by atoms with Crippen LogP contribution < -0.4 is 0 Å². The van der Waals surface area contributed by atoms with Crippen LogP contribution in [0.25, 0.3) is 0 Å². The molecule has 1 N–H and O–H groups in total. The Kier molecular flexibility index (Phi) is 4.77. The molecular weight excluding hydrogens is 276 g/mol. The molecule has 0 radical (unpaired) electrons. The number of aromatic nitrogens is 1. The maximum absolute atomic E-state index is 13.0. The van der Waals surface area contributed by atoms with E-state index in [1.54, 1.807) is 12.4 Å². The lowest BCUT2D eigenvalue weighted by Gasteiger charge is -2.37. The number of rotatable bonds is 3. The van der Waals surface area contributed by atoms with Crippen molar-refractivity contribution in [3.05, 3.63) is 29.6 Å². The summed E-state index contributed by atoms with van der Waals surface area (Å²) in [6.07, 6.45) is 10.4. The number of amides is 1. The van der Waals surface area contributed by atoms with Crippen molar-refractivity contribution in [3.8, 4) is 0 Å². The van der Waals surface area contributed by atoms with Crippen LogP contribution in [0.3, 0.4) is 0 Å². The van der Waals surface area contributed by atoms with Gasteiger partial charge in [-0.3, -0.25) is 9.78 Å². The van der Waals surface area contributed by atoms with E-state index in [0.717, 1.165) is 56.2 Å². The second-order valence-corrected chi connectivity index (χ2v) is 6.61. The number of pyridine rings is 1. The molecule has 2 fully saturated rings. The van der Waals surface area contributed by atoms with E-state index in [-0.39, 0.29) is 24.0 Å². The van der Waals surface area contributed by atoms with E-state index in [0.29, 0.717) is 0 Å². The maximum Gasteiger partial charge on any atom is 0.254 e. The number of hydrogen-bond donors (Lipinski definition) is 1. The maximum atomic E-state index is 13.0. The minimum atomic E-state index is -0.241. The monoisotopic (exact) mass is 302 g/mol. The number of aliphatic hydroxyl groups is 1. The Hall–Kier alpha value is -1.42. The highest BCUT2D eigenvalue weighted by molar-refractivity contribution is 5.96. The molecule has 1 aromatic heterocycles. The molecule has 0 bridgehead atoms. The summed E-state index contributed by atoms with van der Waals surface area (Å²) in [5.41, 5.74) is 1.80. The van der Waals surface area contributed by atoms with Crippen molar-refractivity contribution >= 4 is 5.91 Å². The van der Waals surface area contributed by atoms with Gasteiger partial charge in [-0.1, -0.05) is 19.8 Å². The first kappa shape index (κ1) is 15.5. The zero-order valence-electron chi connectivity index (χ0n) is 13.4. The van der Waals surface area contributed by atoms with Gasteiger partial charge >= 0.3 is 0 Å². The van der Waals surface area contributed by atoms with Gasteiger partial charge in [0.2, 0.25) is 0 Å². The molecule has 4 heteroatoms. The Morgan fingerprint density at radius 1 is 1.32 bits per heavy atom. The smallest absolute Gasteiger partial charge is 0.254 e. The third-order valence-corrected chi connectivity index (χ3v) is 5.35. The minimum absolute atomic E-state index is 0.125. The van der Waals surface area contributed by atoms with Crippen LogP contribution in [-0.4, -0.2) is 39.6 Å². The highest BCUT2D eigenvalue weighted by atomic mass is 16.3. The van der Waals surface area contributed by atoms with Gasteiger partial charge in [0.1, 0.15) is 0 Å². The van der Waals surface area contributed by atoms with E-state index in [2.05, 4.69) is 11.9 Å². The van der Waals surface area contributed by atoms with Crippen LogP contribution in [0.4, 0.5) is 0 Å². The first-order valence-electron chi connectivity index (χ1n) is 8.64. The largest absolute Gasteiger partial charge is 0.393 e. The van der Waals surface area contributed by atoms with Gasteiger partial charge < -0.3 is 10.0 Å². The van der Waals surface area contributed by atoms with E-state index in [9.17, 15) is 9.90 Å². The van der Waals surface area contributed by atoms with E-state index >= 15 is 0 Å². The first-order valence-corrected chi connectivity index (χ1v) is 8.64. The van der Waals surface area contributed by atoms with E-state index < -0.39 is 0 Å². The average Bonchev–Trinajstić information content (AvgIpc) is 3.04. The summed E-state index contributed by atoms with van der Waals surface area (Å²) in [7, 11) is 0. The summed E-state index contributed by atoms with van der Waals surface area (Å²) in [5.74, 6) is 0.381. The van der Waals surface area contributed by atoms with Gasteiger partial charge in [0.25, 0.3) is 5.91 Å². The zero-order valence-corrected chi connectivity index (χ0v) is 13.4. The molecule has 1 saturated heterocycles. The summed E-state index contributed by atoms with van der Waals surface area (Å²) in [6.45, 7) is 2.87. The second kappa shape index (κ2) is 6.78. The molecule has 0 spiro atoms.